The molecule has 0 atom stereocenters. The summed E-state index contributed by atoms with van der Waals surface area (Å²) in [6.07, 6.45) is 0. The smallest absolute Gasteiger partial charge is 0.489 e. The predicted octanol–water partition coefficient (Wildman–Crippen LogP) is 2.84. The largest absolute Gasteiger partial charge is 0.512 e. The highest BCUT2D eigenvalue weighted by atomic mass is 19.4. The summed E-state index contributed by atoms with van der Waals surface area (Å²) >= 11 is 0. The summed E-state index contributed by atoms with van der Waals surface area (Å²) in [5, 5.41) is 0. The highest BCUT2D eigenvalue weighted by molar-refractivity contribution is 6.73. The second-order valence-electron chi connectivity index (χ2n) is 3.50. The van der Waals surface area contributed by atoms with E-state index in [1.165, 1.54) is 0 Å². The van der Waals surface area contributed by atoms with Gasteiger partial charge < -0.3 is 17.7 Å². The van der Waals surface area contributed by atoms with Crippen LogP contribution in [0.1, 0.15) is 6.92 Å². The quantitative estimate of drug-likeness (QED) is 0.441. The normalized spacial score (nSPS) is 11.3. The fourth-order valence-corrected chi connectivity index (χ4v) is 1.07. The van der Waals surface area contributed by atoms with Crippen molar-refractivity contribution >= 4 is 12.4 Å². The van der Waals surface area contributed by atoms with Crippen LogP contribution in [0.15, 0.2) is 30.4 Å². The first-order valence-corrected chi connectivity index (χ1v) is 4.57. The van der Waals surface area contributed by atoms with Gasteiger partial charge in [0.1, 0.15) is 12.4 Å². The third-order valence-electron chi connectivity index (χ3n) is 1.81. The molecule has 0 aliphatic rings. The zero-order chi connectivity index (χ0) is 12.3. The summed E-state index contributed by atoms with van der Waals surface area (Å²) in [6, 6.07) is 2.51. The molecule has 0 unspecified atom stereocenters. The fourth-order valence-electron chi connectivity index (χ4n) is 1.07. The maximum atomic E-state index is 13.1. The molecule has 88 valence electrons. The van der Waals surface area contributed by atoms with Crippen molar-refractivity contribution in [3.8, 4) is 5.75 Å². The van der Waals surface area contributed by atoms with Crippen molar-refractivity contribution in [2.75, 3.05) is 6.61 Å². The van der Waals surface area contributed by atoms with Crippen LogP contribution in [0.2, 0.25) is 0 Å². The van der Waals surface area contributed by atoms with Crippen molar-refractivity contribution in [2.24, 2.45) is 0 Å². The standard InChI is InChI=1S/C10H10BF4O/c1-7(2)6-16-8-3-4-9(10(12)5-8)11(13,14)15/h3-5H,1,6H2,2H3/q-1. The molecule has 6 heteroatoms. The lowest BCUT2D eigenvalue weighted by Crippen LogP contribution is -2.36. The molecule has 0 bridgehead atoms. The number of halogens is 4. The van der Waals surface area contributed by atoms with Gasteiger partial charge in [-0.15, -0.1) is 0 Å². The highest BCUT2D eigenvalue weighted by Crippen LogP contribution is 2.17. The van der Waals surface area contributed by atoms with Crippen LogP contribution < -0.4 is 10.2 Å². The molecule has 1 aromatic carbocycles. The van der Waals surface area contributed by atoms with Gasteiger partial charge in [-0.2, -0.15) is 0 Å². The molecular weight excluding hydrogens is 223 g/mol. The van der Waals surface area contributed by atoms with E-state index in [1.807, 2.05) is 0 Å². The minimum Gasteiger partial charge on any atom is -0.489 e. The molecule has 16 heavy (non-hydrogen) atoms. The van der Waals surface area contributed by atoms with E-state index in [-0.39, 0.29) is 12.4 Å². The lowest BCUT2D eigenvalue weighted by atomic mass is 9.80. The van der Waals surface area contributed by atoms with Crippen LogP contribution in [-0.2, 0) is 0 Å². The minimum atomic E-state index is -5.32. The first-order chi connectivity index (χ1) is 7.30. The molecular formula is C10H10BF4O-. The molecule has 0 fully saturated rings. The Hall–Kier alpha value is -1.46. The van der Waals surface area contributed by atoms with Crippen LogP contribution in [0.25, 0.3) is 0 Å². The van der Waals surface area contributed by atoms with Gasteiger partial charge in [-0.25, -0.2) is 4.39 Å². The van der Waals surface area contributed by atoms with Gasteiger partial charge in [0, 0.05) is 6.07 Å². The Labute approximate surface area is 90.8 Å². The second-order valence-corrected chi connectivity index (χ2v) is 3.50. The highest BCUT2D eigenvalue weighted by Gasteiger charge is 2.28. The maximum absolute atomic E-state index is 13.1. The van der Waals surface area contributed by atoms with Crippen LogP contribution in [0.3, 0.4) is 0 Å². The topological polar surface area (TPSA) is 9.23 Å². The molecule has 0 saturated heterocycles. The molecule has 0 amide bonds. The SMILES string of the molecule is C=C(C)COc1ccc([B-](F)(F)F)c(F)c1. The summed E-state index contributed by atoms with van der Waals surface area (Å²) in [7, 11) is 0. The molecule has 0 N–H and O–H groups in total. The summed E-state index contributed by atoms with van der Waals surface area (Å²) in [5.41, 5.74) is -0.535. The van der Waals surface area contributed by atoms with Crippen LogP contribution in [0.4, 0.5) is 17.3 Å². The first kappa shape index (κ1) is 12.6. The average Bonchev–Trinajstić information content (AvgIpc) is 2.12. The molecule has 0 spiro atoms. The number of ether oxygens (including phenoxy) is 1. The average molecular weight is 233 g/mol. The van der Waals surface area contributed by atoms with Gasteiger partial charge in [0.2, 0.25) is 0 Å². The predicted molar refractivity (Wildman–Crippen MR) is 55.4 cm³/mol. The number of hydrogen-bond acceptors (Lipinski definition) is 1. The summed E-state index contributed by atoms with van der Waals surface area (Å²) < 4.78 is 54.9. The fraction of sp³-hybridized carbons (Fsp3) is 0.200. The van der Waals surface area contributed by atoms with Crippen molar-refractivity contribution in [3.63, 3.8) is 0 Å². The Balaban J connectivity index is 2.87. The Bertz CT molecular complexity index is 400. The Kier molecular flexibility index (Phi) is 3.62. The monoisotopic (exact) mass is 233 g/mol. The molecule has 0 aliphatic heterocycles. The Morgan fingerprint density at radius 1 is 1.38 bits per heavy atom. The lowest BCUT2D eigenvalue weighted by Gasteiger charge is -2.16. The lowest BCUT2D eigenvalue weighted by molar-refractivity contribution is 0.350. The van der Waals surface area contributed by atoms with Gasteiger partial charge >= 0.3 is 6.98 Å². The Morgan fingerprint density at radius 2 is 2.00 bits per heavy atom. The van der Waals surface area contributed by atoms with E-state index >= 15 is 0 Å². The van der Waals surface area contributed by atoms with E-state index < -0.39 is 18.3 Å². The second kappa shape index (κ2) is 4.59. The zero-order valence-electron chi connectivity index (χ0n) is 8.64. The van der Waals surface area contributed by atoms with Gasteiger partial charge in [-0.05, 0) is 18.6 Å². The van der Waals surface area contributed by atoms with Crippen molar-refractivity contribution in [2.45, 2.75) is 6.92 Å². The van der Waals surface area contributed by atoms with Crippen LogP contribution in [0, 0.1) is 5.82 Å². The van der Waals surface area contributed by atoms with Crippen LogP contribution in [-0.4, -0.2) is 13.6 Å². The van der Waals surface area contributed by atoms with E-state index in [1.54, 1.807) is 6.92 Å². The molecule has 1 nitrogen and oxygen atoms in total. The molecule has 0 saturated carbocycles. The zero-order valence-corrected chi connectivity index (χ0v) is 8.64. The van der Waals surface area contributed by atoms with Gasteiger partial charge in [0.15, 0.2) is 0 Å². The summed E-state index contributed by atoms with van der Waals surface area (Å²) in [6.45, 7) is 0.0824. The Morgan fingerprint density at radius 3 is 2.44 bits per heavy atom. The molecule has 1 rings (SSSR count). The minimum absolute atomic E-state index is 0.0595. The number of hydrogen-bond donors (Lipinski definition) is 0. The van der Waals surface area contributed by atoms with Gasteiger partial charge in [-0.1, -0.05) is 18.1 Å². The van der Waals surface area contributed by atoms with Gasteiger partial charge in [0.05, 0.1) is 5.82 Å². The van der Waals surface area contributed by atoms with E-state index in [9.17, 15) is 17.3 Å². The third-order valence-corrected chi connectivity index (χ3v) is 1.81. The van der Waals surface area contributed by atoms with Crippen molar-refractivity contribution < 1.29 is 22.1 Å². The van der Waals surface area contributed by atoms with E-state index in [2.05, 4.69) is 6.58 Å². The maximum Gasteiger partial charge on any atom is 0.512 e. The van der Waals surface area contributed by atoms with Crippen molar-refractivity contribution in [1.29, 1.82) is 0 Å². The van der Waals surface area contributed by atoms with E-state index in [0.717, 1.165) is 12.1 Å². The third kappa shape index (κ3) is 3.29. The van der Waals surface area contributed by atoms with Gasteiger partial charge in [-0.3, -0.25) is 0 Å². The molecule has 0 radical (unpaired) electrons. The van der Waals surface area contributed by atoms with Crippen LogP contribution >= 0.6 is 0 Å². The number of rotatable bonds is 4. The van der Waals surface area contributed by atoms with E-state index in [4.69, 9.17) is 4.74 Å². The van der Waals surface area contributed by atoms with Crippen molar-refractivity contribution in [1.82, 2.24) is 0 Å². The van der Waals surface area contributed by atoms with Crippen LogP contribution in [0.5, 0.6) is 5.75 Å². The van der Waals surface area contributed by atoms with Gasteiger partial charge in [0.25, 0.3) is 0 Å². The van der Waals surface area contributed by atoms with E-state index in [0.29, 0.717) is 11.6 Å². The van der Waals surface area contributed by atoms with Crippen molar-refractivity contribution in [3.05, 3.63) is 36.2 Å². The molecule has 0 heterocycles. The molecule has 1 aromatic rings. The first-order valence-electron chi connectivity index (χ1n) is 4.57. The summed E-state index contributed by atoms with van der Waals surface area (Å²) in [5.74, 6) is -1.25. The molecule has 0 aromatic heterocycles. The molecule has 0 aliphatic carbocycles. The number of benzene rings is 1. The summed E-state index contributed by atoms with van der Waals surface area (Å²) in [4.78, 5) is 0.